The third kappa shape index (κ3) is 3.18. The zero-order chi connectivity index (χ0) is 20.0. The first kappa shape index (κ1) is 19.0. The van der Waals surface area contributed by atoms with E-state index in [0.717, 1.165) is 12.1 Å². The van der Waals surface area contributed by atoms with Crippen molar-refractivity contribution >= 4 is 26.9 Å². The van der Waals surface area contributed by atoms with Crippen molar-refractivity contribution in [3.05, 3.63) is 58.1 Å². The molecular weight excluding hydrogens is 387 g/mol. The summed E-state index contributed by atoms with van der Waals surface area (Å²) in [6.45, 7) is 2.25. The van der Waals surface area contributed by atoms with Crippen LogP contribution in [0.5, 0.6) is 0 Å². The largest absolute Gasteiger partial charge is 0.501 e. The average Bonchev–Trinajstić information content (AvgIpc) is 2.98. The zero-order valence-electron chi connectivity index (χ0n) is 13.9. The zero-order valence-corrected chi connectivity index (χ0v) is 14.7. The molecule has 27 heavy (non-hydrogen) atoms. The van der Waals surface area contributed by atoms with Gasteiger partial charge in [0, 0.05) is 24.2 Å². The first-order chi connectivity index (χ1) is 12.6. The first-order valence-corrected chi connectivity index (χ1v) is 9.27. The second kappa shape index (κ2) is 6.41. The maximum atomic E-state index is 12.8. The first-order valence-electron chi connectivity index (χ1n) is 7.79. The lowest BCUT2D eigenvalue weighted by atomic mass is 10.1. The van der Waals surface area contributed by atoms with Gasteiger partial charge in [-0.3, -0.25) is 10.1 Å². The van der Waals surface area contributed by atoms with Crippen LogP contribution in [0.25, 0.3) is 0 Å². The molecule has 144 valence electrons. The smallest absolute Gasteiger partial charge is 0.360 e. The van der Waals surface area contributed by atoms with E-state index in [2.05, 4.69) is 5.32 Å². The van der Waals surface area contributed by atoms with E-state index in [1.165, 1.54) is 24.3 Å². The number of anilines is 2. The summed E-state index contributed by atoms with van der Waals surface area (Å²) in [4.78, 5) is 11.4. The SMILES string of the molecule is CCN1c2ccc(S(=O)(=O)C(F)(F)F)cc2NC1c1cccc([N+](=O)[O-])c1. The normalized spacial score (nSPS) is 16.7. The van der Waals surface area contributed by atoms with E-state index in [4.69, 9.17) is 0 Å². The molecule has 1 aliphatic heterocycles. The number of non-ortho nitro benzene ring substituents is 1. The molecule has 0 fully saturated rings. The summed E-state index contributed by atoms with van der Waals surface area (Å²) in [6.07, 6.45) is -0.575. The molecule has 1 atom stereocenters. The second-order valence-corrected chi connectivity index (χ2v) is 7.75. The number of nitro benzene ring substituents is 1. The molecule has 11 heteroatoms. The van der Waals surface area contributed by atoms with E-state index in [1.54, 1.807) is 11.0 Å². The standard InChI is InChI=1S/C16H14F3N3O4S/c1-2-21-14-7-6-12(27(25,26)16(17,18)19)9-13(14)20-15(21)10-4-3-5-11(8-10)22(23)24/h3-9,15,20H,2H2,1H3. The van der Waals surface area contributed by atoms with Crippen molar-refractivity contribution in [2.45, 2.75) is 23.5 Å². The molecule has 2 aromatic carbocycles. The quantitative estimate of drug-likeness (QED) is 0.618. The predicted molar refractivity (Wildman–Crippen MR) is 92.2 cm³/mol. The highest BCUT2D eigenvalue weighted by Crippen LogP contribution is 2.43. The van der Waals surface area contributed by atoms with Crippen LogP contribution in [0.2, 0.25) is 0 Å². The summed E-state index contributed by atoms with van der Waals surface area (Å²) in [5.41, 5.74) is -4.28. The fourth-order valence-electron chi connectivity index (χ4n) is 2.97. The summed E-state index contributed by atoms with van der Waals surface area (Å²) in [6, 6.07) is 8.97. The number of nitrogens with one attached hydrogen (secondary N) is 1. The van der Waals surface area contributed by atoms with Gasteiger partial charge in [0.2, 0.25) is 0 Å². The van der Waals surface area contributed by atoms with Crippen LogP contribution in [0, 0.1) is 10.1 Å². The lowest BCUT2D eigenvalue weighted by Gasteiger charge is -2.25. The van der Waals surface area contributed by atoms with Gasteiger partial charge in [-0.1, -0.05) is 12.1 Å². The van der Waals surface area contributed by atoms with Crippen molar-refractivity contribution in [1.82, 2.24) is 0 Å². The molecule has 1 aliphatic rings. The van der Waals surface area contributed by atoms with Crippen LogP contribution >= 0.6 is 0 Å². The number of fused-ring (bicyclic) bond motifs is 1. The van der Waals surface area contributed by atoms with Crippen molar-refractivity contribution in [3.63, 3.8) is 0 Å². The Labute approximate surface area is 152 Å². The van der Waals surface area contributed by atoms with Crippen molar-refractivity contribution in [1.29, 1.82) is 0 Å². The van der Waals surface area contributed by atoms with Crippen LogP contribution in [0.3, 0.4) is 0 Å². The predicted octanol–water partition coefficient (Wildman–Crippen LogP) is 3.84. The summed E-state index contributed by atoms with van der Waals surface area (Å²) in [7, 11) is -5.47. The Kier molecular flexibility index (Phi) is 4.50. The number of hydrogen-bond donors (Lipinski definition) is 1. The van der Waals surface area contributed by atoms with Gasteiger partial charge in [0.1, 0.15) is 6.17 Å². The van der Waals surface area contributed by atoms with Crippen LogP contribution in [-0.4, -0.2) is 25.4 Å². The Balaban J connectivity index is 2.03. The maximum absolute atomic E-state index is 12.8. The number of sulfone groups is 1. The van der Waals surface area contributed by atoms with Gasteiger partial charge >= 0.3 is 5.51 Å². The molecule has 0 bridgehead atoms. The van der Waals surface area contributed by atoms with Crippen LogP contribution in [0.4, 0.5) is 30.2 Å². The van der Waals surface area contributed by atoms with Gasteiger partial charge in [-0.05, 0) is 25.1 Å². The number of rotatable bonds is 4. The summed E-state index contributed by atoms with van der Waals surface area (Å²) < 4.78 is 61.6. The molecule has 3 rings (SSSR count). The van der Waals surface area contributed by atoms with E-state index in [1.807, 2.05) is 6.92 Å². The fourth-order valence-corrected chi connectivity index (χ4v) is 3.76. The molecule has 0 saturated heterocycles. The lowest BCUT2D eigenvalue weighted by Crippen LogP contribution is -2.27. The van der Waals surface area contributed by atoms with E-state index < -0.39 is 31.3 Å². The number of hydrogen-bond acceptors (Lipinski definition) is 6. The highest BCUT2D eigenvalue weighted by molar-refractivity contribution is 7.92. The Hall–Kier alpha value is -2.82. The van der Waals surface area contributed by atoms with Gasteiger partial charge in [0.05, 0.1) is 21.2 Å². The number of nitrogens with zero attached hydrogens (tertiary/aromatic N) is 2. The number of alkyl halides is 3. The molecule has 1 heterocycles. The molecule has 1 N–H and O–H groups in total. The van der Waals surface area contributed by atoms with Crippen LogP contribution in [-0.2, 0) is 9.84 Å². The van der Waals surface area contributed by atoms with Crippen molar-refractivity contribution in [3.8, 4) is 0 Å². The molecule has 0 spiro atoms. The topological polar surface area (TPSA) is 92.6 Å². The Morgan fingerprint density at radius 2 is 1.93 bits per heavy atom. The molecule has 0 saturated carbocycles. The highest BCUT2D eigenvalue weighted by Gasteiger charge is 2.47. The van der Waals surface area contributed by atoms with Crippen molar-refractivity contribution < 1.29 is 26.5 Å². The maximum Gasteiger partial charge on any atom is 0.501 e. The lowest BCUT2D eigenvalue weighted by molar-refractivity contribution is -0.384. The summed E-state index contributed by atoms with van der Waals surface area (Å²) in [5.74, 6) is 0. The van der Waals surface area contributed by atoms with Crippen molar-refractivity contribution in [2.75, 3.05) is 16.8 Å². The fraction of sp³-hybridized carbons (Fsp3) is 0.250. The molecule has 1 unspecified atom stereocenters. The molecule has 0 amide bonds. The third-order valence-electron chi connectivity index (χ3n) is 4.23. The molecule has 2 aromatic rings. The van der Waals surface area contributed by atoms with E-state index in [-0.39, 0.29) is 11.4 Å². The van der Waals surface area contributed by atoms with Crippen molar-refractivity contribution in [2.24, 2.45) is 0 Å². The second-order valence-electron chi connectivity index (χ2n) is 5.81. The summed E-state index contributed by atoms with van der Waals surface area (Å²) in [5, 5.41) is 13.9. The minimum absolute atomic E-state index is 0.123. The van der Waals surface area contributed by atoms with Gasteiger partial charge in [0.15, 0.2) is 0 Å². The van der Waals surface area contributed by atoms with Crippen LogP contribution in [0.1, 0.15) is 18.7 Å². The Morgan fingerprint density at radius 3 is 2.52 bits per heavy atom. The van der Waals surface area contributed by atoms with Crippen LogP contribution < -0.4 is 10.2 Å². The molecular formula is C16H14F3N3O4S. The van der Waals surface area contributed by atoms with Gasteiger partial charge in [-0.15, -0.1) is 0 Å². The minimum atomic E-state index is -5.47. The molecule has 0 aromatic heterocycles. The molecule has 0 aliphatic carbocycles. The van der Waals surface area contributed by atoms with Gasteiger partial charge in [-0.25, -0.2) is 8.42 Å². The van der Waals surface area contributed by atoms with Crippen LogP contribution in [0.15, 0.2) is 47.4 Å². The van der Waals surface area contributed by atoms with Gasteiger partial charge < -0.3 is 10.2 Å². The molecule has 7 nitrogen and oxygen atoms in total. The summed E-state index contributed by atoms with van der Waals surface area (Å²) >= 11 is 0. The number of benzene rings is 2. The minimum Gasteiger partial charge on any atom is -0.360 e. The van der Waals surface area contributed by atoms with Gasteiger partial charge in [-0.2, -0.15) is 13.2 Å². The molecule has 0 radical (unpaired) electrons. The van der Waals surface area contributed by atoms with Gasteiger partial charge in [0.25, 0.3) is 15.5 Å². The number of nitro groups is 1. The van der Waals surface area contributed by atoms with E-state index >= 15 is 0 Å². The third-order valence-corrected chi connectivity index (χ3v) is 5.72. The highest BCUT2D eigenvalue weighted by atomic mass is 32.2. The Bertz CT molecular complexity index is 1010. The average molecular weight is 401 g/mol. The monoisotopic (exact) mass is 401 g/mol. The Morgan fingerprint density at radius 1 is 1.22 bits per heavy atom. The number of halogens is 3. The van der Waals surface area contributed by atoms with E-state index in [9.17, 15) is 31.7 Å². The van der Waals surface area contributed by atoms with E-state index in [0.29, 0.717) is 17.8 Å².